The summed E-state index contributed by atoms with van der Waals surface area (Å²) < 4.78 is 6.01. The highest BCUT2D eigenvalue weighted by molar-refractivity contribution is 9.10. The highest BCUT2D eigenvalue weighted by Gasteiger charge is 2.11. The third-order valence-corrected chi connectivity index (χ3v) is 3.70. The summed E-state index contributed by atoms with van der Waals surface area (Å²) in [7, 11) is 0. The molecule has 2 aromatic rings. The first-order valence-electron chi connectivity index (χ1n) is 6.78. The van der Waals surface area contributed by atoms with E-state index in [1.807, 2.05) is 0 Å². The fourth-order valence-electron chi connectivity index (χ4n) is 1.70. The van der Waals surface area contributed by atoms with E-state index >= 15 is 0 Å². The molecule has 0 radical (unpaired) electrons. The van der Waals surface area contributed by atoms with Gasteiger partial charge in [0, 0.05) is 22.2 Å². The van der Waals surface area contributed by atoms with Gasteiger partial charge in [0.2, 0.25) is 0 Å². The van der Waals surface area contributed by atoms with Crippen molar-refractivity contribution in [1.29, 1.82) is 0 Å². The van der Waals surface area contributed by atoms with Gasteiger partial charge >= 0.3 is 0 Å². The molecule has 2 amide bonds. The summed E-state index contributed by atoms with van der Waals surface area (Å²) in [5, 5.41) is 10.9. The van der Waals surface area contributed by atoms with Crippen LogP contribution in [-0.2, 0) is 4.79 Å². The number of halogens is 2. The Morgan fingerprint density at radius 3 is 2.44 bits per heavy atom. The Balaban J connectivity index is 1.82. The molecule has 0 unspecified atom stereocenters. The quantitative estimate of drug-likeness (QED) is 0.562. The summed E-state index contributed by atoms with van der Waals surface area (Å²) in [6, 6.07) is 9.84. The number of hydrogen-bond donors (Lipinski definition) is 2. The summed E-state index contributed by atoms with van der Waals surface area (Å²) >= 11 is 9.20. The molecule has 8 nitrogen and oxygen atoms in total. The summed E-state index contributed by atoms with van der Waals surface area (Å²) in [6.45, 7) is -0.359. The summed E-state index contributed by atoms with van der Waals surface area (Å²) in [6.07, 6.45) is 0. The Bertz CT molecular complexity index is 813. The molecule has 0 aliphatic rings. The van der Waals surface area contributed by atoms with Crippen molar-refractivity contribution < 1.29 is 19.2 Å². The first kappa shape index (κ1) is 18.7. The number of non-ortho nitro benzene ring substituents is 1. The highest BCUT2D eigenvalue weighted by atomic mass is 79.9. The number of nitrogens with one attached hydrogen (secondary N) is 2. The predicted molar refractivity (Wildman–Crippen MR) is 93.4 cm³/mol. The minimum Gasteiger partial charge on any atom is -0.482 e. The minimum atomic E-state index is -0.620. The molecule has 0 spiro atoms. The number of rotatable bonds is 5. The zero-order valence-corrected chi connectivity index (χ0v) is 14.8. The molecule has 0 aliphatic carbocycles. The molecule has 0 fully saturated rings. The predicted octanol–water partition coefficient (Wildman–Crippen LogP) is 2.85. The Labute approximate surface area is 155 Å². The second kappa shape index (κ2) is 8.45. The zero-order valence-electron chi connectivity index (χ0n) is 12.5. The molecular formula is C15H11BrClN3O5. The molecule has 0 aliphatic heterocycles. The largest absolute Gasteiger partial charge is 0.482 e. The smallest absolute Gasteiger partial charge is 0.276 e. The maximum absolute atomic E-state index is 11.8. The molecule has 10 heteroatoms. The lowest BCUT2D eigenvalue weighted by molar-refractivity contribution is -0.384. The van der Waals surface area contributed by atoms with E-state index < -0.39 is 16.7 Å². The van der Waals surface area contributed by atoms with Crippen LogP contribution in [0, 0.1) is 10.1 Å². The lowest BCUT2D eigenvalue weighted by atomic mass is 10.2. The molecule has 0 saturated carbocycles. The fraction of sp³-hybridized carbons (Fsp3) is 0.0667. The van der Waals surface area contributed by atoms with Crippen molar-refractivity contribution in [3.05, 3.63) is 67.6 Å². The number of nitro benzene ring substituents is 1. The topological polar surface area (TPSA) is 111 Å². The third kappa shape index (κ3) is 5.44. The van der Waals surface area contributed by atoms with Crippen molar-refractivity contribution in [2.24, 2.45) is 0 Å². The minimum absolute atomic E-state index is 0.139. The monoisotopic (exact) mass is 427 g/mol. The number of benzene rings is 2. The number of nitrogens with zero attached hydrogens (tertiary/aromatic N) is 1. The van der Waals surface area contributed by atoms with E-state index in [9.17, 15) is 19.7 Å². The number of carbonyl (C=O) groups is 2. The van der Waals surface area contributed by atoms with Crippen molar-refractivity contribution in [2.45, 2.75) is 0 Å². The van der Waals surface area contributed by atoms with Crippen LogP contribution in [0.15, 0.2) is 46.9 Å². The normalized spacial score (nSPS) is 10.0. The van der Waals surface area contributed by atoms with Gasteiger partial charge in [-0.25, -0.2) is 0 Å². The van der Waals surface area contributed by atoms with Gasteiger partial charge in [0.05, 0.1) is 9.95 Å². The van der Waals surface area contributed by atoms with E-state index in [2.05, 4.69) is 26.8 Å². The van der Waals surface area contributed by atoms with E-state index in [4.69, 9.17) is 16.3 Å². The zero-order chi connectivity index (χ0) is 18.4. The number of amides is 2. The van der Waals surface area contributed by atoms with Crippen molar-refractivity contribution in [2.75, 3.05) is 6.61 Å². The van der Waals surface area contributed by atoms with Gasteiger partial charge in [-0.05, 0) is 30.3 Å². The van der Waals surface area contributed by atoms with E-state index in [0.717, 1.165) is 4.47 Å². The molecular weight excluding hydrogens is 418 g/mol. The Kier molecular flexibility index (Phi) is 6.31. The highest BCUT2D eigenvalue weighted by Crippen LogP contribution is 2.27. The van der Waals surface area contributed by atoms with Crippen LogP contribution in [0.5, 0.6) is 5.75 Å². The van der Waals surface area contributed by atoms with E-state index in [1.54, 1.807) is 18.2 Å². The van der Waals surface area contributed by atoms with Crippen molar-refractivity contribution in [1.82, 2.24) is 10.9 Å². The van der Waals surface area contributed by atoms with Gasteiger partial charge in [-0.15, -0.1) is 0 Å². The molecule has 2 N–H and O–H groups in total. The molecule has 0 bridgehead atoms. The second-order valence-corrected chi connectivity index (χ2v) is 5.99. The number of nitro groups is 1. The fourth-order valence-corrected chi connectivity index (χ4v) is 2.43. The SMILES string of the molecule is O=C(COc1ccc(Br)cc1Cl)NNC(=O)c1ccc([N+](=O)[O-])cc1. The second-order valence-electron chi connectivity index (χ2n) is 4.67. The maximum Gasteiger partial charge on any atom is 0.276 e. The molecule has 0 saturated heterocycles. The third-order valence-electron chi connectivity index (χ3n) is 2.91. The maximum atomic E-state index is 11.8. The van der Waals surface area contributed by atoms with Gasteiger partial charge in [-0.3, -0.25) is 30.6 Å². The molecule has 130 valence electrons. The lowest BCUT2D eigenvalue weighted by Crippen LogP contribution is -2.43. The molecule has 25 heavy (non-hydrogen) atoms. The van der Waals surface area contributed by atoms with Crippen LogP contribution in [0.25, 0.3) is 0 Å². The first-order chi connectivity index (χ1) is 11.9. The summed E-state index contributed by atoms with van der Waals surface area (Å²) in [5.41, 5.74) is 4.37. The molecule has 0 atom stereocenters. The number of hydrazine groups is 1. The van der Waals surface area contributed by atoms with Crippen LogP contribution < -0.4 is 15.6 Å². The number of hydrogen-bond acceptors (Lipinski definition) is 5. The molecule has 0 aromatic heterocycles. The van der Waals surface area contributed by atoms with Gasteiger partial charge in [0.1, 0.15) is 5.75 Å². The van der Waals surface area contributed by atoms with E-state index in [-0.39, 0.29) is 17.9 Å². The van der Waals surface area contributed by atoms with E-state index in [1.165, 1.54) is 24.3 Å². The summed E-state index contributed by atoms with van der Waals surface area (Å²) in [5.74, 6) is -0.902. The average Bonchev–Trinajstić information content (AvgIpc) is 2.59. The van der Waals surface area contributed by atoms with Gasteiger partial charge in [0.15, 0.2) is 6.61 Å². The van der Waals surface area contributed by atoms with Gasteiger partial charge in [-0.2, -0.15) is 0 Å². The van der Waals surface area contributed by atoms with Gasteiger partial charge in [-0.1, -0.05) is 27.5 Å². The number of carbonyl (C=O) groups excluding carboxylic acids is 2. The first-order valence-corrected chi connectivity index (χ1v) is 7.95. The average molecular weight is 429 g/mol. The molecule has 2 aromatic carbocycles. The van der Waals surface area contributed by atoms with Gasteiger partial charge < -0.3 is 4.74 Å². The van der Waals surface area contributed by atoms with Crippen LogP contribution >= 0.6 is 27.5 Å². The number of ether oxygens (including phenoxy) is 1. The summed E-state index contributed by atoms with van der Waals surface area (Å²) in [4.78, 5) is 33.5. The Morgan fingerprint density at radius 1 is 1.16 bits per heavy atom. The van der Waals surface area contributed by atoms with Crippen LogP contribution in [0.3, 0.4) is 0 Å². The van der Waals surface area contributed by atoms with Crippen LogP contribution in [0.1, 0.15) is 10.4 Å². The lowest BCUT2D eigenvalue weighted by Gasteiger charge is -2.10. The van der Waals surface area contributed by atoms with Crippen molar-refractivity contribution in [3.63, 3.8) is 0 Å². The van der Waals surface area contributed by atoms with Crippen LogP contribution in [0.2, 0.25) is 5.02 Å². The van der Waals surface area contributed by atoms with Crippen LogP contribution in [0.4, 0.5) is 5.69 Å². The Morgan fingerprint density at radius 2 is 1.84 bits per heavy atom. The Hall–Kier alpha value is -2.65. The molecule has 2 rings (SSSR count). The van der Waals surface area contributed by atoms with Crippen molar-refractivity contribution in [3.8, 4) is 5.75 Å². The van der Waals surface area contributed by atoms with Gasteiger partial charge in [0.25, 0.3) is 17.5 Å². The van der Waals surface area contributed by atoms with Crippen molar-refractivity contribution >= 4 is 45.0 Å². The van der Waals surface area contributed by atoms with Crippen LogP contribution in [-0.4, -0.2) is 23.3 Å². The van der Waals surface area contributed by atoms with E-state index in [0.29, 0.717) is 10.8 Å². The molecule has 0 heterocycles. The standard InChI is InChI=1S/C15H11BrClN3O5/c16-10-3-6-13(12(17)7-10)25-8-14(21)18-19-15(22)9-1-4-11(5-2-9)20(23)24/h1-7H,8H2,(H,18,21)(H,19,22).